The van der Waals surface area contributed by atoms with Crippen molar-refractivity contribution in [2.45, 2.75) is 0 Å². The zero-order valence-corrected chi connectivity index (χ0v) is 11.0. The maximum atomic E-state index is 9.72. The normalized spacial score (nSPS) is 12.8. The van der Waals surface area contributed by atoms with Crippen LogP contribution in [0.5, 0.6) is 23.0 Å². The number of phenols is 1. The summed E-state index contributed by atoms with van der Waals surface area (Å²) in [6, 6.07) is 11.0. The molecule has 0 radical (unpaired) electrons. The Morgan fingerprint density at radius 1 is 1.00 bits per heavy atom. The maximum absolute atomic E-state index is 9.72. The lowest BCUT2D eigenvalue weighted by atomic mass is 10.1. The van der Waals surface area contributed by atoms with Crippen molar-refractivity contribution in [3.63, 3.8) is 0 Å². The van der Waals surface area contributed by atoms with E-state index in [0.29, 0.717) is 5.75 Å². The smallest absolute Gasteiger partial charge is 0.231 e. The highest BCUT2D eigenvalue weighted by atomic mass is 16.7. The minimum Gasteiger partial charge on any atom is -0.504 e. The lowest BCUT2D eigenvalue weighted by Crippen LogP contribution is -1.92. The Labute approximate surface area is 116 Å². The fourth-order valence-corrected chi connectivity index (χ4v) is 2.02. The van der Waals surface area contributed by atoms with Gasteiger partial charge in [0.05, 0.1) is 7.11 Å². The van der Waals surface area contributed by atoms with Crippen molar-refractivity contribution in [2.75, 3.05) is 13.9 Å². The van der Waals surface area contributed by atoms with E-state index >= 15 is 0 Å². The van der Waals surface area contributed by atoms with Gasteiger partial charge in [-0.05, 0) is 35.4 Å². The van der Waals surface area contributed by atoms with Crippen LogP contribution in [0.1, 0.15) is 11.1 Å². The van der Waals surface area contributed by atoms with Crippen molar-refractivity contribution in [2.24, 2.45) is 0 Å². The number of methoxy groups -OCH3 is 1. The average Bonchev–Trinajstić information content (AvgIpc) is 2.92. The van der Waals surface area contributed by atoms with Gasteiger partial charge in [-0.1, -0.05) is 24.3 Å². The molecule has 2 aromatic rings. The zero-order chi connectivity index (χ0) is 13.9. The minimum atomic E-state index is 0.125. The predicted molar refractivity (Wildman–Crippen MR) is 76.2 cm³/mol. The third-order valence-electron chi connectivity index (χ3n) is 3.07. The second-order valence-electron chi connectivity index (χ2n) is 4.38. The summed E-state index contributed by atoms with van der Waals surface area (Å²) in [5.41, 5.74) is 1.89. The van der Waals surface area contributed by atoms with E-state index in [4.69, 9.17) is 14.2 Å². The molecule has 1 N–H and O–H groups in total. The highest BCUT2D eigenvalue weighted by Gasteiger charge is 2.12. The van der Waals surface area contributed by atoms with Crippen LogP contribution in [0.4, 0.5) is 0 Å². The van der Waals surface area contributed by atoms with E-state index in [9.17, 15) is 5.11 Å². The van der Waals surface area contributed by atoms with Gasteiger partial charge >= 0.3 is 0 Å². The van der Waals surface area contributed by atoms with Gasteiger partial charge in [0.1, 0.15) is 0 Å². The summed E-state index contributed by atoms with van der Waals surface area (Å²) in [7, 11) is 1.52. The monoisotopic (exact) mass is 270 g/mol. The molecule has 0 fully saturated rings. The number of fused-ring (bicyclic) bond motifs is 1. The molecule has 0 atom stereocenters. The van der Waals surface area contributed by atoms with Gasteiger partial charge in [-0.3, -0.25) is 0 Å². The predicted octanol–water partition coefficient (Wildman–Crippen LogP) is 3.30. The molecule has 0 aromatic heterocycles. The van der Waals surface area contributed by atoms with Crippen molar-refractivity contribution in [3.05, 3.63) is 47.5 Å². The second-order valence-corrected chi connectivity index (χ2v) is 4.38. The molecule has 0 unspecified atom stereocenters. The summed E-state index contributed by atoms with van der Waals surface area (Å²) in [6.07, 6.45) is 3.86. The van der Waals surface area contributed by atoms with Gasteiger partial charge in [-0.25, -0.2) is 0 Å². The van der Waals surface area contributed by atoms with Crippen LogP contribution in [0.3, 0.4) is 0 Å². The first-order valence-corrected chi connectivity index (χ1v) is 6.21. The van der Waals surface area contributed by atoms with E-state index in [1.165, 1.54) is 7.11 Å². The molecule has 4 nitrogen and oxygen atoms in total. The molecule has 0 saturated carbocycles. The second kappa shape index (κ2) is 5.17. The number of hydrogen-bond donors (Lipinski definition) is 1. The molecule has 1 heterocycles. The first-order chi connectivity index (χ1) is 9.76. The van der Waals surface area contributed by atoms with Crippen LogP contribution in [0.2, 0.25) is 0 Å². The van der Waals surface area contributed by atoms with Crippen LogP contribution in [0, 0.1) is 0 Å². The maximum Gasteiger partial charge on any atom is 0.231 e. The summed E-state index contributed by atoms with van der Waals surface area (Å²) in [5.74, 6) is 2.11. The van der Waals surface area contributed by atoms with Crippen LogP contribution in [0.15, 0.2) is 36.4 Å². The van der Waals surface area contributed by atoms with Crippen molar-refractivity contribution in [1.82, 2.24) is 0 Å². The van der Waals surface area contributed by atoms with Crippen LogP contribution in [-0.4, -0.2) is 19.0 Å². The first-order valence-electron chi connectivity index (χ1n) is 6.21. The first kappa shape index (κ1) is 12.4. The number of phenolic OH excluding ortho intramolecular Hbond substituents is 1. The van der Waals surface area contributed by atoms with Gasteiger partial charge in [-0.15, -0.1) is 0 Å². The molecule has 0 amide bonds. The number of hydrogen-bond acceptors (Lipinski definition) is 4. The van der Waals surface area contributed by atoms with Gasteiger partial charge in [0.25, 0.3) is 0 Å². The average molecular weight is 270 g/mol. The fourth-order valence-electron chi connectivity index (χ4n) is 2.02. The largest absolute Gasteiger partial charge is 0.504 e. The third-order valence-corrected chi connectivity index (χ3v) is 3.07. The molecule has 1 aliphatic heterocycles. The SMILES string of the molecule is COc1ccc(/C=C/c2ccc3c(c2)OCO3)cc1O. The number of rotatable bonds is 3. The van der Waals surface area contributed by atoms with Crippen LogP contribution < -0.4 is 14.2 Å². The quantitative estimate of drug-likeness (QED) is 0.869. The molecule has 0 saturated heterocycles. The molecule has 3 rings (SSSR count). The number of ether oxygens (including phenoxy) is 3. The number of aromatic hydroxyl groups is 1. The van der Waals surface area contributed by atoms with E-state index in [-0.39, 0.29) is 12.5 Å². The van der Waals surface area contributed by atoms with Crippen molar-refractivity contribution in [1.29, 1.82) is 0 Å². The van der Waals surface area contributed by atoms with Gasteiger partial charge in [-0.2, -0.15) is 0 Å². The highest BCUT2D eigenvalue weighted by molar-refractivity contribution is 5.72. The Morgan fingerprint density at radius 3 is 2.45 bits per heavy atom. The minimum absolute atomic E-state index is 0.125. The van der Waals surface area contributed by atoms with Gasteiger partial charge in [0.15, 0.2) is 23.0 Å². The molecular formula is C16H14O4. The van der Waals surface area contributed by atoms with E-state index < -0.39 is 0 Å². The Bertz CT molecular complexity index is 662. The summed E-state index contributed by atoms with van der Waals surface area (Å²) in [6.45, 7) is 0.273. The molecule has 20 heavy (non-hydrogen) atoms. The Hall–Kier alpha value is -2.62. The lowest BCUT2D eigenvalue weighted by molar-refractivity contribution is 0.174. The Balaban J connectivity index is 1.81. The summed E-state index contributed by atoms with van der Waals surface area (Å²) in [5, 5.41) is 9.72. The van der Waals surface area contributed by atoms with Crippen molar-refractivity contribution < 1.29 is 19.3 Å². The molecular weight excluding hydrogens is 256 g/mol. The third kappa shape index (κ3) is 2.40. The summed E-state index contributed by atoms with van der Waals surface area (Å²) >= 11 is 0. The topological polar surface area (TPSA) is 47.9 Å². The van der Waals surface area contributed by atoms with Crippen molar-refractivity contribution >= 4 is 12.2 Å². The molecule has 1 aliphatic rings. The molecule has 4 heteroatoms. The van der Waals surface area contributed by atoms with E-state index in [0.717, 1.165) is 22.6 Å². The molecule has 0 spiro atoms. The van der Waals surface area contributed by atoms with E-state index in [2.05, 4.69) is 0 Å². The molecule has 0 bridgehead atoms. The van der Waals surface area contributed by atoms with Gasteiger partial charge < -0.3 is 19.3 Å². The van der Waals surface area contributed by atoms with Crippen LogP contribution >= 0.6 is 0 Å². The molecule has 2 aromatic carbocycles. The van der Waals surface area contributed by atoms with Crippen LogP contribution in [-0.2, 0) is 0 Å². The fraction of sp³-hybridized carbons (Fsp3) is 0.125. The van der Waals surface area contributed by atoms with Crippen molar-refractivity contribution in [3.8, 4) is 23.0 Å². The Kier molecular flexibility index (Phi) is 3.21. The number of benzene rings is 2. The Morgan fingerprint density at radius 2 is 1.70 bits per heavy atom. The van der Waals surface area contributed by atoms with Crippen LogP contribution in [0.25, 0.3) is 12.2 Å². The highest BCUT2D eigenvalue weighted by Crippen LogP contribution is 2.33. The summed E-state index contributed by atoms with van der Waals surface area (Å²) in [4.78, 5) is 0. The zero-order valence-electron chi connectivity index (χ0n) is 11.0. The van der Waals surface area contributed by atoms with E-state index in [1.807, 2.05) is 36.4 Å². The van der Waals surface area contributed by atoms with E-state index in [1.54, 1.807) is 12.1 Å². The van der Waals surface area contributed by atoms with Gasteiger partial charge in [0.2, 0.25) is 6.79 Å². The van der Waals surface area contributed by atoms with Gasteiger partial charge in [0, 0.05) is 0 Å². The molecule has 0 aliphatic carbocycles. The molecule has 102 valence electrons. The summed E-state index contributed by atoms with van der Waals surface area (Å²) < 4.78 is 15.6. The standard InChI is InChI=1S/C16H14O4/c1-18-14-6-4-11(8-13(14)17)2-3-12-5-7-15-16(9-12)20-10-19-15/h2-9,17H,10H2,1H3/b3-2+. The lowest BCUT2D eigenvalue weighted by Gasteiger charge is -2.03.